The fourth-order valence-electron chi connectivity index (χ4n) is 1.37. The highest BCUT2D eigenvalue weighted by atomic mass is 16.2. The van der Waals surface area contributed by atoms with Gasteiger partial charge in [0, 0.05) is 12.6 Å². The third-order valence-electron chi connectivity index (χ3n) is 2.54. The van der Waals surface area contributed by atoms with Gasteiger partial charge in [0.2, 0.25) is 5.91 Å². The summed E-state index contributed by atoms with van der Waals surface area (Å²) in [5, 5.41) is 0. The number of carbonyl (C=O) groups excluding carboxylic acids is 1. The Morgan fingerprint density at radius 1 is 1.42 bits per heavy atom. The summed E-state index contributed by atoms with van der Waals surface area (Å²) in [6, 6.07) is 0.363. The molecule has 0 aromatic carbocycles. The van der Waals surface area contributed by atoms with Crippen molar-refractivity contribution in [2.45, 2.75) is 33.2 Å². The molecule has 12 heavy (non-hydrogen) atoms. The summed E-state index contributed by atoms with van der Waals surface area (Å²) in [6.45, 7) is 7.29. The molecule has 0 spiro atoms. The normalized spacial score (nSPS) is 20.3. The van der Waals surface area contributed by atoms with Crippen molar-refractivity contribution in [3.05, 3.63) is 12.2 Å². The van der Waals surface area contributed by atoms with Crippen molar-refractivity contribution < 1.29 is 4.79 Å². The number of nitrogens with zero attached hydrogens (tertiary/aromatic N) is 1. The lowest BCUT2D eigenvalue weighted by molar-refractivity contribution is -0.129. The molecule has 0 saturated carbocycles. The predicted molar refractivity (Wildman–Crippen MR) is 49.8 cm³/mol. The molecule has 0 aromatic heterocycles. The molecule has 1 aliphatic heterocycles. The van der Waals surface area contributed by atoms with Gasteiger partial charge in [-0.1, -0.05) is 19.9 Å². The van der Waals surface area contributed by atoms with E-state index in [2.05, 4.69) is 20.8 Å². The minimum Gasteiger partial charge on any atom is -0.336 e. The molecule has 0 radical (unpaired) electrons. The summed E-state index contributed by atoms with van der Waals surface area (Å²) in [5.41, 5.74) is 0. The largest absolute Gasteiger partial charge is 0.336 e. The van der Waals surface area contributed by atoms with E-state index in [1.54, 1.807) is 6.08 Å². The van der Waals surface area contributed by atoms with E-state index in [0.717, 1.165) is 13.0 Å². The molecule has 0 saturated heterocycles. The molecule has 2 nitrogen and oxygen atoms in total. The molecule has 1 atom stereocenters. The van der Waals surface area contributed by atoms with Gasteiger partial charge in [-0.15, -0.1) is 0 Å². The summed E-state index contributed by atoms with van der Waals surface area (Å²) in [4.78, 5) is 13.3. The van der Waals surface area contributed by atoms with Gasteiger partial charge in [0.25, 0.3) is 0 Å². The fourth-order valence-corrected chi connectivity index (χ4v) is 1.37. The summed E-state index contributed by atoms with van der Waals surface area (Å²) >= 11 is 0. The Morgan fingerprint density at radius 3 is 2.58 bits per heavy atom. The van der Waals surface area contributed by atoms with E-state index >= 15 is 0 Å². The second-order valence-electron chi connectivity index (χ2n) is 3.71. The molecule has 0 N–H and O–H groups in total. The molecule has 1 aliphatic rings. The van der Waals surface area contributed by atoms with Crippen LogP contribution in [0.2, 0.25) is 0 Å². The van der Waals surface area contributed by atoms with Gasteiger partial charge in [-0.05, 0) is 25.3 Å². The lowest BCUT2D eigenvalue weighted by Gasteiger charge is -2.32. The first-order chi connectivity index (χ1) is 5.63. The minimum absolute atomic E-state index is 0.169. The van der Waals surface area contributed by atoms with E-state index in [1.807, 2.05) is 11.0 Å². The highest BCUT2D eigenvalue weighted by Gasteiger charge is 2.21. The summed E-state index contributed by atoms with van der Waals surface area (Å²) in [5.74, 6) is 0.711. The average molecular weight is 167 g/mol. The molecule has 1 amide bonds. The van der Waals surface area contributed by atoms with Crippen molar-refractivity contribution in [2.75, 3.05) is 6.54 Å². The Balaban J connectivity index is 2.62. The maximum Gasteiger partial charge on any atom is 0.246 e. The standard InChI is InChI=1S/C10H17NO/c1-8(2)9(3)11-7-5-4-6-10(11)12/h4,6,8-9H,5,7H2,1-3H3. The molecule has 0 aliphatic carbocycles. The van der Waals surface area contributed by atoms with Gasteiger partial charge in [0.05, 0.1) is 0 Å². The summed E-state index contributed by atoms with van der Waals surface area (Å²) in [7, 11) is 0. The smallest absolute Gasteiger partial charge is 0.246 e. The Morgan fingerprint density at radius 2 is 2.08 bits per heavy atom. The summed E-state index contributed by atoms with van der Waals surface area (Å²) in [6.07, 6.45) is 4.64. The van der Waals surface area contributed by atoms with Gasteiger partial charge >= 0.3 is 0 Å². The van der Waals surface area contributed by atoms with E-state index in [-0.39, 0.29) is 5.91 Å². The van der Waals surface area contributed by atoms with Crippen molar-refractivity contribution in [1.82, 2.24) is 4.90 Å². The fraction of sp³-hybridized carbons (Fsp3) is 0.700. The number of amides is 1. The number of carbonyl (C=O) groups is 1. The van der Waals surface area contributed by atoms with E-state index in [4.69, 9.17) is 0 Å². The Labute approximate surface area is 74.2 Å². The minimum atomic E-state index is 0.169. The third kappa shape index (κ3) is 1.87. The van der Waals surface area contributed by atoms with Crippen molar-refractivity contribution >= 4 is 5.91 Å². The number of hydrogen-bond donors (Lipinski definition) is 0. The van der Waals surface area contributed by atoms with Crippen LogP contribution in [0.1, 0.15) is 27.2 Å². The van der Waals surface area contributed by atoms with Crippen LogP contribution in [-0.4, -0.2) is 23.4 Å². The van der Waals surface area contributed by atoms with Crippen LogP contribution in [0.5, 0.6) is 0 Å². The first kappa shape index (κ1) is 9.30. The quantitative estimate of drug-likeness (QED) is 0.614. The van der Waals surface area contributed by atoms with E-state index in [9.17, 15) is 4.79 Å². The summed E-state index contributed by atoms with van der Waals surface area (Å²) < 4.78 is 0. The Bertz CT molecular complexity index is 196. The van der Waals surface area contributed by atoms with Crippen LogP contribution < -0.4 is 0 Å². The topological polar surface area (TPSA) is 20.3 Å². The second-order valence-corrected chi connectivity index (χ2v) is 3.71. The maximum absolute atomic E-state index is 11.4. The van der Waals surface area contributed by atoms with Crippen molar-refractivity contribution in [3.8, 4) is 0 Å². The Kier molecular flexibility index (Phi) is 2.90. The molecule has 0 fully saturated rings. The van der Waals surface area contributed by atoms with Crippen molar-refractivity contribution in [1.29, 1.82) is 0 Å². The molecule has 0 aromatic rings. The van der Waals surface area contributed by atoms with Gasteiger partial charge in [-0.3, -0.25) is 4.79 Å². The zero-order chi connectivity index (χ0) is 9.14. The molecule has 0 bridgehead atoms. The van der Waals surface area contributed by atoms with Crippen molar-refractivity contribution in [3.63, 3.8) is 0 Å². The first-order valence-corrected chi connectivity index (χ1v) is 4.60. The zero-order valence-electron chi connectivity index (χ0n) is 8.08. The van der Waals surface area contributed by atoms with Crippen LogP contribution in [0.15, 0.2) is 12.2 Å². The zero-order valence-corrected chi connectivity index (χ0v) is 8.08. The second kappa shape index (κ2) is 3.74. The van der Waals surface area contributed by atoms with Gasteiger partial charge < -0.3 is 4.90 Å². The molecule has 68 valence electrons. The molecular weight excluding hydrogens is 150 g/mol. The lowest BCUT2D eigenvalue weighted by Crippen LogP contribution is -2.42. The molecular formula is C10H17NO. The van der Waals surface area contributed by atoms with Crippen LogP contribution in [-0.2, 0) is 4.79 Å². The first-order valence-electron chi connectivity index (χ1n) is 4.60. The van der Waals surface area contributed by atoms with Gasteiger partial charge in [-0.25, -0.2) is 0 Å². The van der Waals surface area contributed by atoms with Crippen LogP contribution >= 0.6 is 0 Å². The average Bonchev–Trinajstić information content (AvgIpc) is 2.04. The molecule has 1 heterocycles. The number of hydrogen-bond acceptors (Lipinski definition) is 1. The molecule has 1 unspecified atom stereocenters. The Hall–Kier alpha value is -0.790. The van der Waals surface area contributed by atoms with Gasteiger partial charge in [-0.2, -0.15) is 0 Å². The van der Waals surface area contributed by atoms with Gasteiger partial charge in [0.1, 0.15) is 0 Å². The van der Waals surface area contributed by atoms with E-state index in [1.165, 1.54) is 0 Å². The predicted octanol–water partition coefficient (Wildman–Crippen LogP) is 1.82. The molecule has 2 heteroatoms. The van der Waals surface area contributed by atoms with Crippen LogP contribution in [0.3, 0.4) is 0 Å². The maximum atomic E-state index is 11.4. The van der Waals surface area contributed by atoms with Crippen molar-refractivity contribution in [2.24, 2.45) is 5.92 Å². The van der Waals surface area contributed by atoms with Gasteiger partial charge in [0.15, 0.2) is 0 Å². The monoisotopic (exact) mass is 167 g/mol. The highest BCUT2D eigenvalue weighted by Crippen LogP contribution is 2.14. The SMILES string of the molecule is CC(C)C(C)N1CCC=CC1=O. The van der Waals surface area contributed by atoms with E-state index in [0.29, 0.717) is 12.0 Å². The number of rotatable bonds is 2. The van der Waals surface area contributed by atoms with Crippen LogP contribution in [0, 0.1) is 5.92 Å². The third-order valence-corrected chi connectivity index (χ3v) is 2.54. The molecule has 1 rings (SSSR count). The van der Waals surface area contributed by atoms with E-state index < -0.39 is 0 Å². The van der Waals surface area contributed by atoms with Crippen LogP contribution in [0.25, 0.3) is 0 Å². The highest BCUT2D eigenvalue weighted by molar-refractivity contribution is 5.88. The van der Waals surface area contributed by atoms with Crippen LogP contribution in [0.4, 0.5) is 0 Å². The lowest BCUT2D eigenvalue weighted by atomic mass is 10.0.